The number of hydrogen-bond acceptors (Lipinski definition) is 38. The average Bonchev–Trinajstić information content (AvgIpc) is 1.69. The third-order valence-corrected chi connectivity index (χ3v) is 23.6. The van der Waals surface area contributed by atoms with Crippen LogP contribution in [0.1, 0.15) is 64.6 Å². The maximum absolute atomic E-state index is 10.7. The first-order valence-corrected chi connectivity index (χ1v) is 48.2. The van der Waals surface area contributed by atoms with Crippen LogP contribution in [0.15, 0.2) is 164 Å². The molecule has 12 rings (SSSR count). The van der Waals surface area contributed by atoms with Crippen molar-refractivity contribution in [1.29, 1.82) is 10.5 Å². The van der Waals surface area contributed by atoms with Crippen molar-refractivity contribution >= 4 is 168 Å². The number of nitro groups is 7. The Hall–Kier alpha value is -12.9. The lowest BCUT2D eigenvalue weighted by Crippen LogP contribution is -2.56. The van der Waals surface area contributed by atoms with Crippen molar-refractivity contribution < 1.29 is 34.8 Å². The predicted octanol–water partition coefficient (Wildman–Crippen LogP) is 10.8. The highest BCUT2D eigenvalue weighted by molar-refractivity contribution is 8.03. The Bertz CT molecular complexity index is 5400. The van der Waals surface area contributed by atoms with Crippen LogP contribution in [0.5, 0.6) is 0 Å². The molecule has 0 atom stereocenters. The molecule has 0 unspecified atom stereocenters. The van der Waals surface area contributed by atoms with Crippen LogP contribution < -0.4 is 37.2 Å². The maximum Gasteiger partial charge on any atom is 0.276 e. The van der Waals surface area contributed by atoms with Crippen LogP contribution in [0.25, 0.3) is 0 Å². The highest BCUT2D eigenvalue weighted by Gasteiger charge is 2.29. The van der Waals surface area contributed by atoms with Gasteiger partial charge >= 0.3 is 0 Å². The van der Waals surface area contributed by atoms with Crippen LogP contribution in [-0.4, -0.2) is 295 Å². The number of rotatable bonds is 27. The molecule has 5 fully saturated rings. The minimum absolute atomic E-state index is 0. The lowest BCUT2D eigenvalue weighted by Gasteiger charge is -2.40. The van der Waals surface area contributed by atoms with Gasteiger partial charge in [0.1, 0.15) is 46.8 Å². The van der Waals surface area contributed by atoms with E-state index in [0.717, 1.165) is 112 Å². The van der Waals surface area contributed by atoms with Crippen molar-refractivity contribution in [2.75, 3.05) is 146 Å². The van der Waals surface area contributed by atoms with Crippen LogP contribution in [0, 0.1) is 93.7 Å². The molecule has 141 heavy (non-hydrogen) atoms. The van der Waals surface area contributed by atoms with Gasteiger partial charge in [-0.05, 0) is 80.1 Å². The van der Waals surface area contributed by atoms with Gasteiger partial charge in [-0.1, -0.05) is 113 Å². The Morgan fingerprint density at radius 2 is 1.03 bits per heavy atom. The number of aromatic nitrogens is 7. The van der Waals surface area contributed by atoms with Gasteiger partial charge in [0.05, 0.1) is 52.7 Å². The zero-order valence-corrected chi connectivity index (χ0v) is 86.5. The second-order valence-electron chi connectivity index (χ2n) is 28.4. The third-order valence-electron chi connectivity index (χ3n) is 17.7. The average molecular weight is 2200 g/mol. The lowest BCUT2D eigenvalue weighted by atomic mass is 10.2. The fourth-order valence-electron chi connectivity index (χ4n) is 11.7. The largest absolute Gasteiger partial charge is 0.375 e. The van der Waals surface area contributed by atoms with Crippen molar-refractivity contribution in [1.82, 2.24) is 121 Å². The molecule has 5 aliphatic heterocycles. The summed E-state index contributed by atoms with van der Waals surface area (Å²) in [5.41, 5.74) is 3.87. The number of hydrogen-bond donors (Lipinski definition) is 7. The van der Waals surface area contributed by atoms with Crippen molar-refractivity contribution in [2.45, 2.75) is 73.5 Å². The van der Waals surface area contributed by atoms with Gasteiger partial charge in [-0.3, -0.25) is 45.4 Å². The van der Waals surface area contributed by atoms with E-state index in [1.54, 1.807) is 128 Å². The van der Waals surface area contributed by atoms with Gasteiger partial charge in [0.2, 0.25) is 18.3 Å². The second kappa shape index (κ2) is 67.4. The number of guanidine groups is 4. The minimum atomic E-state index is -0.779. The van der Waals surface area contributed by atoms with Crippen molar-refractivity contribution in [3.63, 3.8) is 0 Å². The summed E-state index contributed by atoms with van der Waals surface area (Å²) in [4.78, 5) is 127. The Morgan fingerprint density at radius 1 is 0.553 bits per heavy atom. The Kier molecular flexibility index (Phi) is 58.4. The molecule has 0 aromatic carbocycles. The van der Waals surface area contributed by atoms with Gasteiger partial charge < -0.3 is 81.3 Å². The molecule has 12 heterocycles. The smallest absolute Gasteiger partial charge is 0.276 e. The molecule has 5 aliphatic rings. The molecule has 0 spiro atoms. The summed E-state index contributed by atoms with van der Waals surface area (Å²) in [5, 5.41) is 119. The summed E-state index contributed by atoms with van der Waals surface area (Å²) in [6.07, 6.45) is 22.3. The zero-order chi connectivity index (χ0) is 104. The zero-order valence-electron chi connectivity index (χ0n) is 77.1. The molecule has 0 bridgehead atoms. The first-order chi connectivity index (χ1) is 66.6. The van der Waals surface area contributed by atoms with Gasteiger partial charge in [-0.2, -0.15) is 27.3 Å². The summed E-state index contributed by atoms with van der Waals surface area (Å²) < 4.78 is 1.39. The molecule has 0 radical (unpaired) electrons. The molecule has 5 saturated heterocycles. The lowest BCUT2D eigenvalue weighted by molar-refractivity contribution is -0.486. The van der Waals surface area contributed by atoms with Gasteiger partial charge in [0.15, 0.2) is 46.0 Å². The summed E-state index contributed by atoms with van der Waals surface area (Å²) in [5.74, 6) is 5.59. The van der Waals surface area contributed by atoms with Gasteiger partial charge in [0.25, 0.3) is 42.7 Å². The number of thiazole rings is 3. The molecule has 7 aromatic heterocycles. The number of amidine groups is 1. The van der Waals surface area contributed by atoms with E-state index in [2.05, 4.69) is 97.4 Å². The van der Waals surface area contributed by atoms with E-state index in [-0.39, 0.29) is 19.3 Å². The number of halogens is 7. The van der Waals surface area contributed by atoms with Gasteiger partial charge in [-0.15, -0.1) is 50.8 Å². The quantitative estimate of drug-likeness (QED) is 0.00628. The number of nitrogens with one attached hydrogen (secondary N) is 7. The Labute approximate surface area is 867 Å². The Morgan fingerprint density at radius 3 is 1.45 bits per heavy atom. The fraction of sp³-hybridized carbons (Fsp3) is 0.429. The molecule has 0 aliphatic carbocycles. The molecule has 7 aromatic rings. The van der Waals surface area contributed by atoms with Gasteiger partial charge in [-0.25, -0.2) is 65.2 Å². The molecular weight excluding hydrogens is 2090 g/mol. The standard InChI is InChI=1S/C11H15ClN6O2.C11H14ClN5.C11H15ClN4O2.C10H11ClN4.C8H9ClN4O2S.C7H8ClN5O2S.C7H13N3O2S.C6H8ClN5O2S.C5H8N2O2S.CH4/c1-15-7-16(2)11(14-18(19)20)17(8-15)6-9-3-4-10(12)13-5-9;1-16(2)11(15-8-13)17(3)7-9-4-5-10(12)14-6-9;1-3-15(11(13-2)8-16(17)18)7-9-4-5-10(12)14-6-9;1-8(14-7-12)15(2)6-9-3-4-10(11)13-5-9;9-8-11-3-6(16-8)4-12-2-1-10-7(12)5-13(14)15;8-6-10-3-5(16-6)4-12-2-1-9-7(12)11-13(14)15;1-13-5-4-9-3-2-8-7(9)6-10(11)12;1-8-6(11-12(13)14)10-3-4-2-9-5(7)15-4;8-7(9)4-5-6-2-1-3-10-5;/h3-5H,6-8H2,1-2H3;4-6H,7H2,1-3H3;4-6,8,13H,3,7H2,1-2H3;3-5H,6H2,1-2H3;3,5,10H,1-2,4H2;3H,1-2,4H2,(H,9,11);6,8H,2-5H2,1H3;2H,3H2,1H3,(H2,8,10,11);4,6H,1-3H2;1H4/b14-11+;;11-8+;;7-5+;;;;;. The molecule has 0 saturated carbocycles. The summed E-state index contributed by atoms with van der Waals surface area (Å²) in [7, 11) is 14.3. The molecule has 52 nitrogen and oxygen atoms in total. The normalized spacial score (nSPS) is 15.1. The molecule has 7 N–H and O–H groups in total. The summed E-state index contributed by atoms with van der Waals surface area (Å²) >= 11 is 47.1. The van der Waals surface area contributed by atoms with Crippen LogP contribution in [-0.2, 0) is 45.8 Å². The summed E-state index contributed by atoms with van der Waals surface area (Å²) in [6, 6.07) is 14.3. The van der Waals surface area contributed by atoms with Crippen LogP contribution in [0.2, 0.25) is 34.0 Å². The highest BCUT2D eigenvalue weighted by Crippen LogP contribution is 2.25. The van der Waals surface area contributed by atoms with Crippen molar-refractivity contribution in [3.8, 4) is 12.4 Å². The number of nitriles is 2. The van der Waals surface area contributed by atoms with E-state index in [1.807, 2.05) is 107 Å². The number of hydrazone groups is 3. The molecule has 766 valence electrons. The minimum Gasteiger partial charge on any atom is -0.375 e. The second-order valence-corrected chi connectivity index (χ2v) is 37.1. The molecule has 0 amide bonds. The van der Waals surface area contributed by atoms with E-state index < -0.39 is 34.8 Å². The number of thioether (sulfide) groups is 2. The van der Waals surface area contributed by atoms with E-state index >= 15 is 0 Å². The predicted molar refractivity (Wildman–Crippen MR) is 549 cm³/mol. The number of aliphatic imine (C=N–C) groups is 2. The van der Waals surface area contributed by atoms with Crippen LogP contribution in [0.4, 0.5) is 0 Å². The van der Waals surface area contributed by atoms with E-state index in [0.29, 0.717) is 160 Å². The first-order valence-electron chi connectivity index (χ1n) is 40.8. The van der Waals surface area contributed by atoms with E-state index in [1.165, 1.54) is 52.8 Å². The van der Waals surface area contributed by atoms with Crippen LogP contribution >= 0.6 is 139 Å². The fourth-order valence-corrected chi connectivity index (χ4v) is 16.3. The first kappa shape index (κ1) is 122. The highest BCUT2D eigenvalue weighted by atomic mass is 35.5. The van der Waals surface area contributed by atoms with Gasteiger partial charge in [0, 0.05) is 204 Å². The van der Waals surface area contributed by atoms with E-state index in [4.69, 9.17) is 91.7 Å². The Balaban J connectivity index is 0.000000409. The SMILES string of the molecule is C.CC(=NC#N)N(C)Cc1ccc(Cl)nc1.CCN(Cc1ccc(Cl)nc1)/C(=C/[N+](=O)[O-])NC.CN(C)C(=NC#N)N(C)Cc1ccc(Cl)nc1.CN/C(=N\[N+](=O)[O-])NCc1cnc(Cl)s1.CN1CN(C)/C(=N\[N+](=O)[O-])N(Cc2ccc(Cl)nc2)C1.CSCCN1CCNC1=C[N+](=O)[O-].O=[N+]([O-])/C=C1\NCCN1Cc1cnc(Cl)s1.O=[N+]([O-])/N=C1\NCCN1Cc1cnc(Cl)s1.O=[N+]([O-])C=C1NCCCS1. The molecule has 64 heteroatoms. The summed E-state index contributed by atoms with van der Waals surface area (Å²) in [6.45, 7) is 15.5. The monoisotopic (exact) mass is 2190 g/mol. The number of nitrogens with zero attached hydrogens (tertiary/aromatic N) is 31. The number of pyridine rings is 4. The maximum atomic E-state index is 10.7. The third kappa shape index (κ3) is 51.2. The van der Waals surface area contributed by atoms with Crippen LogP contribution in [0.3, 0.4) is 0 Å². The van der Waals surface area contributed by atoms with E-state index in [9.17, 15) is 70.8 Å². The molecular formula is C77H105Cl7N38O14S5. The van der Waals surface area contributed by atoms with Crippen molar-refractivity contribution in [3.05, 3.63) is 281 Å². The van der Waals surface area contributed by atoms with Crippen molar-refractivity contribution in [2.24, 2.45) is 25.3 Å². The topological polar surface area (TPSA) is 618 Å².